The van der Waals surface area contributed by atoms with Gasteiger partial charge in [-0.3, -0.25) is 4.98 Å². The highest BCUT2D eigenvalue weighted by atomic mass is 79.9. The molecule has 1 rings (SSSR count). The molecule has 1 aromatic rings. The van der Waals surface area contributed by atoms with Gasteiger partial charge in [-0.1, -0.05) is 29.8 Å². The fraction of sp³-hybridized carbons (Fsp3) is 0.600. The Kier molecular flexibility index (Phi) is 5.48. The molecule has 1 aromatic heterocycles. The Balaban J connectivity index is 2.40. The highest BCUT2D eigenvalue weighted by Gasteiger charge is 2.12. The normalized spacial score (nSPS) is 13.1. The van der Waals surface area contributed by atoms with Crippen molar-refractivity contribution in [3.63, 3.8) is 0 Å². The molecular weight excluding hydrogens is 260 g/mol. The molecule has 0 saturated carbocycles. The molecule has 78 valence electrons. The van der Waals surface area contributed by atoms with Crippen molar-refractivity contribution in [2.75, 3.05) is 11.1 Å². The first-order valence-electron chi connectivity index (χ1n) is 4.68. The van der Waals surface area contributed by atoms with Crippen LogP contribution in [0.4, 0.5) is 0 Å². The molecule has 14 heavy (non-hydrogen) atoms. The van der Waals surface area contributed by atoms with Crippen molar-refractivity contribution < 1.29 is 0 Å². The lowest BCUT2D eigenvalue weighted by Gasteiger charge is -2.16. The number of aromatic nitrogens is 2. The van der Waals surface area contributed by atoms with Crippen molar-refractivity contribution in [1.29, 1.82) is 0 Å². The number of halogens is 1. The van der Waals surface area contributed by atoms with Crippen LogP contribution >= 0.6 is 27.7 Å². The molecule has 0 fully saturated rings. The van der Waals surface area contributed by atoms with Crippen molar-refractivity contribution in [3.8, 4) is 0 Å². The minimum absolute atomic E-state index is 0.696. The SMILES string of the molecule is CC(C)C(CBr)CSc1cnccn1. The van der Waals surface area contributed by atoms with Gasteiger partial charge in [-0.05, 0) is 11.8 Å². The van der Waals surface area contributed by atoms with Gasteiger partial charge in [0.15, 0.2) is 0 Å². The van der Waals surface area contributed by atoms with E-state index in [2.05, 4.69) is 39.7 Å². The summed E-state index contributed by atoms with van der Waals surface area (Å²) >= 11 is 5.32. The van der Waals surface area contributed by atoms with Crippen LogP contribution < -0.4 is 0 Å². The Hall–Kier alpha value is -0.0900. The first kappa shape index (κ1) is 12.0. The van der Waals surface area contributed by atoms with Gasteiger partial charge in [0.2, 0.25) is 0 Å². The minimum atomic E-state index is 0.696. The zero-order valence-corrected chi connectivity index (χ0v) is 10.9. The smallest absolute Gasteiger partial charge is 0.114 e. The summed E-state index contributed by atoms with van der Waals surface area (Å²) in [6.07, 6.45) is 5.26. The maximum absolute atomic E-state index is 4.23. The third-order valence-electron chi connectivity index (χ3n) is 2.13. The average Bonchev–Trinajstić information content (AvgIpc) is 2.20. The van der Waals surface area contributed by atoms with Crippen molar-refractivity contribution in [2.24, 2.45) is 11.8 Å². The number of hydrogen-bond donors (Lipinski definition) is 0. The first-order valence-corrected chi connectivity index (χ1v) is 6.79. The third kappa shape index (κ3) is 3.96. The number of alkyl halides is 1. The largest absolute Gasteiger partial charge is 0.260 e. The van der Waals surface area contributed by atoms with E-state index in [9.17, 15) is 0 Å². The van der Waals surface area contributed by atoms with Gasteiger partial charge in [0.1, 0.15) is 5.03 Å². The second-order valence-electron chi connectivity index (χ2n) is 3.51. The zero-order chi connectivity index (χ0) is 10.4. The highest BCUT2D eigenvalue weighted by Crippen LogP contribution is 2.23. The molecule has 1 atom stereocenters. The van der Waals surface area contributed by atoms with Crippen LogP contribution in [0.2, 0.25) is 0 Å². The van der Waals surface area contributed by atoms with E-state index in [-0.39, 0.29) is 0 Å². The highest BCUT2D eigenvalue weighted by molar-refractivity contribution is 9.09. The Morgan fingerprint density at radius 1 is 1.43 bits per heavy atom. The number of rotatable bonds is 5. The van der Waals surface area contributed by atoms with Gasteiger partial charge in [0, 0.05) is 23.5 Å². The summed E-state index contributed by atoms with van der Waals surface area (Å²) in [5, 5.41) is 2.07. The molecule has 0 radical (unpaired) electrons. The van der Waals surface area contributed by atoms with E-state index in [0.717, 1.165) is 16.1 Å². The molecule has 0 aliphatic rings. The van der Waals surface area contributed by atoms with Crippen molar-refractivity contribution >= 4 is 27.7 Å². The molecule has 0 aliphatic carbocycles. The Bertz CT molecular complexity index is 254. The summed E-state index contributed by atoms with van der Waals surface area (Å²) in [5.41, 5.74) is 0. The monoisotopic (exact) mass is 274 g/mol. The van der Waals surface area contributed by atoms with Gasteiger partial charge in [-0.25, -0.2) is 4.98 Å². The summed E-state index contributed by atoms with van der Waals surface area (Å²) in [5.74, 6) is 2.50. The molecule has 0 saturated heterocycles. The summed E-state index contributed by atoms with van der Waals surface area (Å²) in [6, 6.07) is 0. The van der Waals surface area contributed by atoms with Crippen molar-refractivity contribution in [2.45, 2.75) is 18.9 Å². The molecule has 0 aromatic carbocycles. The van der Waals surface area contributed by atoms with Crippen LogP contribution in [0.25, 0.3) is 0 Å². The van der Waals surface area contributed by atoms with Gasteiger partial charge in [0.25, 0.3) is 0 Å². The molecular formula is C10H15BrN2S. The van der Waals surface area contributed by atoms with E-state index < -0.39 is 0 Å². The number of hydrogen-bond acceptors (Lipinski definition) is 3. The predicted octanol–water partition coefficient (Wildman–Crippen LogP) is 3.24. The minimum Gasteiger partial charge on any atom is -0.260 e. The molecule has 0 amide bonds. The maximum atomic E-state index is 4.23. The molecule has 0 aliphatic heterocycles. The predicted molar refractivity (Wildman–Crippen MR) is 64.9 cm³/mol. The van der Waals surface area contributed by atoms with Crippen LogP contribution in [0.5, 0.6) is 0 Å². The molecule has 1 heterocycles. The maximum Gasteiger partial charge on any atom is 0.114 e. The quantitative estimate of drug-likeness (QED) is 0.609. The van der Waals surface area contributed by atoms with E-state index in [1.165, 1.54) is 0 Å². The fourth-order valence-electron chi connectivity index (χ4n) is 0.968. The molecule has 4 heteroatoms. The lowest BCUT2D eigenvalue weighted by Crippen LogP contribution is -2.13. The van der Waals surface area contributed by atoms with E-state index in [0.29, 0.717) is 11.8 Å². The Morgan fingerprint density at radius 3 is 2.71 bits per heavy atom. The standard InChI is InChI=1S/C10H15BrN2S/c1-8(2)9(5-11)7-14-10-6-12-3-4-13-10/h3-4,6,8-9H,5,7H2,1-2H3. The molecule has 2 nitrogen and oxygen atoms in total. The fourth-order valence-corrected chi connectivity index (χ4v) is 3.41. The van der Waals surface area contributed by atoms with Gasteiger partial charge in [-0.15, -0.1) is 11.8 Å². The third-order valence-corrected chi connectivity index (χ3v) is 4.06. The van der Waals surface area contributed by atoms with Crippen molar-refractivity contribution in [3.05, 3.63) is 18.6 Å². The van der Waals surface area contributed by atoms with Crippen LogP contribution in [0, 0.1) is 11.8 Å². The zero-order valence-electron chi connectivity index (χ0n) is 8.48. The summed E-state index contributed by atoms with van der Waals surface area (Å²) in [7, 11) is 0. The van der Waals surface area contributed by atoms with Gasteiger partial charge in [0.05, 0.1) is 6.20 Å². The van der Waals surface area contributed by atoms with E-state index >= 15 is 0 Å². The van der Waals surface area contributed by atoms with Crippen LogP contribution in [-0.2, 0) is 0 Å². The lowest BCUT2D eigenvalue weighted by molar-refractivity contribution is 0.474. The van der Waals surface area contributed by atoms with E-state index in [4.69, 9.17) is 0 Å². The lowest BCUT2D eigenvalue weighted by atomic mass is 10.0. The molecule has 0 bridgehead atoms. The topological polar surface area (TPSA) is 25.8 Å². The second kappa shape index (κ2) is 6.40. The summed E-state index contributed by atoms with van der Waals surface area (Å²) < 4.78 is 0. The van der Waals surface area contributed by atoms with E-state index in [1.807, 2.05) is 6.20 Å². The Labute approximate surface area is 98.1 Å². The molecule has 0 N–H and O–H groups in total. The van der Waals surface area contributed by atoms with Gasteiger partial charge < -0.3 is 0 Å². The second-order valence-corrected chi connectivity index (χ2v) is 5.20. The van der Waals surface area contributed by atoms with Crippen LogP contribution in [0.3, 0.4) is 0 Å². The van der Waals surface area contributed by atoms with Crippen molar-refractivity contribution in [1.82, 2.24) is 9.97 Å². The van der Waals surface area contributed by atoms with Gasteiger partial charge >= 0.3 is 0 Å². The van der Waals surface area contributed by atoms with Crippen LogP contribution in [-0.4, -0.2) is 21.1 Å². The van der Waals surface area contributed by atoms with Gasteiger partial charge in [-0.2, -0.15) is 0 Å². The van der Waals surface area contributed by atoms with E-state index in [1.54, 1.807) is 24.2 Å². The number of nitrogens with zero attached hydrogens (tertiary/aromatic N) is 2. The van der Waals surface area contributed by atoms with Crippen LogP contribution in [0.15, 0.2) is 23.6 Å². The molecule has 0 spiro atoms. The number of thioether (sulfide) groups is 1. The molecule has 1 unspecified atom stereocenters. The average molecular weight is 275 g/mol. The first-order chi connectivity index (χ1) is 6.74. The summed E-state index contributed by atoms with van der Waals surface area (Å²) in [6.45, 7) is 4.51. The Morgan fingerprint density at radius 2 is 2.21 bits per heavy atom. The van der Waals surface area contributed by atoms with Crippen LogP contribution in [0.1, 0.15) is 13.8 Å². The summed E-state index contributed by atoms with van der Waals surface area (Å²) in [4.78, 5) is 8.27.